The summed E-state index contributed by atoms with van der Waals surface area (Å²) in [5.74, 6) is 0.351. The molecule has 1 saturated heterocycles. The van der Waals surface area contributed by atoms with E-state index in [9.17, 15) is 9.90 Å². The highest BCUT2D eigenvalue weighted by Gasteiger charge is 2.36. The number of methoxy groups -OCH3 is 1. The third-order valence-electron chi connectivity index (χ3n) is 5.32. The maximum Gasteiger partial charge on any atom is 0.195 e. The third kappa shape index (κ3) is 3.42. The van der Waals surface area contributed by atoms with E-state index in [0.717, 1.165) is 16.5 Å². The summed E-state index contributed by atoms with van der Waals surface area (Å²) in [6.07, 6.45) is 0.447. The van der Waals surface area contributed by atoms with Gasteiger partial charge in [-0.1, -0.05) is 36.4 Å². The number of hydrogen-bond donors (Lipinski definition) is 2. The molecule has 6 heteroatoms. The van der Waals surface area contributed by atoms with E-state index in [4.69, 9.17) is 9.47 Å². The van der Waals surface area contributed by atoms with Crippen LogP contribution in [-0.2, 0) is 4.74 Å². The molecule has 1 aliphatic heterocycles. The molecule has 0 saturated carbocycles. The summed E-state index contributed by atoms with van der Waals surface area (Å²) < 4.78 is 11.0. The van der Waals surface area contributed by atoms with Gasteiger partial charge in [-0.15, -0.1) is 0 Å². The fraction of sp³-hybridized carbons (Fsp3) is 0.318. The van der Waals surface area contributed by atoms with Crippen LogP contribution in [-0.4, -0.2) is 60.3 Å². The summed E-state index contributed by atoms with van der Waals surface area (Å²) in [4.78, 5) is 18.5. The first-order chi connectivity index (χ1) is 13.7. The monoisotopic (exact) mass is 380 g/mol. The Hall–Kier alpha value is -2.67. The average molecular weight is 380 g/mol. The fourth-order valence-corrected chi connectivity index (χ4v) is 3.91. The summed E-state index contributed by atoms with van der Waals surface area (Å²) >= 11 is 0. The van der Waals surface area contributed by atoms with Crippen molar-refractivity contribution in [3.05, 3.63) is 65.9 Å². The van der Waals surface area contributed by atoms with E-state index in [0.29, 0.717) is 37.6 Å². The van der Waals surface area contributed by atoms with Crippen molar-refractivity contribution in [3.63, 3.8) is 0 Å². The lowest BCUT2D eigenvalue weighted by Gasteiger charge is -2.37. The van der Waals surface area contributed by atoms with Crippen LogP contribution >= 0.6 is 0 Å². The van der Waals surface area contributed by atoms with Gasteiger partial charge in [0.25, 0.3) is 0 Å². The van der Waals surface area contributed by atoms with Crippen LogP contribution < -0.4 is 4.74 Å². The Labute approximate surface area is 163 Å². The largest absolute Gasteiger partial charge is 0.496 e. The smallest absolute Gasteiger partial charge is 0.195 e. The summed E-state index contributed by atoms with van der Waals surface area (Å²) in [6.45, 7) is 2.42. The van der Waals surface area contributed by atoms with E-state index in [1.54, 1.807) is 13.3 Å². The molecule has 3 aromatic rings. The Morgan fingerprint density at radius 1 is 1.14 bits per heavy atom. The predicted octanol–water partition coefficient (Wildman–Crippen LogP) is 2.79. The lowest BCUT2D eigenvalue weighted by molar-refractivity contribution is -0.0178. The first-order valence-corrected chi connectivity index (χ1v) is 9.44. The van der Waals surface area contributed by atoms with Crippen LogP contribution in [0.2, 0.25) is 0 Å². The number of carbonyl (C=O) groups is 1. The second kappa shape index (κ2) is 8.14. The first kappa shape index (κ1) is 18.7. The van der Waals surface area contributed by atoms with E-state index in [1.165, 1.54) is 0 Å². The Balaban J connectivity index is 1.74. The average Bonchev–Trinajstić information content (AvgIpc) is 3.18. The molecule has 4 rings (SSSR count). The van der Waals surface area contributed by atoms with Gasteiger partial charge in [0.2, 0.25) is 0 Å². The van der Waals surface area contributed by atoms with Crippen molar-refractivity contribution in [2.24, 2.45) is 0 Å². The highest BCUT2D eigenvalue weighted by atomic mass is 16.5. The molecule has 1 aliphatic rings. The van der Waals surface area contributed by atoms with Crippen molar-refractivity contribution >= 4 is 16.7 Å². The second-order valence-corrected chi connectivity index (χ2v) is 6.89. The molecule has 0 spiro atoms. The zero-order chi connectivity index (χ0) is 19.5. The number of aromatic amines is 1. The van der Waals surface area contributed by atoms with Crippen LogP contribution in [0, 0.1) is 0 Å². The van der Waals surface area contributed by atoms with E-state index >= 15 is 0 Å². The SMILES string of the molecule is COc1ccccc1[C@H]([C@@H](O)C(=O)c1c[nH]c2ccccc12)N1CCOCC1. The van der Waals surface area contributed by atoms with Gasteiger partial charge < -0.3 is 19.6 Å². The topological polar surface area (TPSA) is 74.8 Å². The summed E-state index contributed by atoms with van der Waals surface area (Å²) in [5, 5.41) is 12.0. The minimum absolute atomic E-state index is 0.306. The maximum atomic E-state index is 13.3. The van der Waals surface area contributed by atoms with E-state index < -0.39 is 12.1 Å². The van der Waals surface area contributed by atoms with Gasteiger partial charge in [0.15, 0.2) is 5.78 Å². The number of rotatable bonds is 6. The lowest BCUT2D eigenvalue weighted by Crippen LogP contribution is -2.46. The van der Waals surface area contributed by atoms with Crippen molar-refractivity contribution < 1.29 is 19.4 Å². The van der Waals surface area contributed by atoms with Gasteiger partial charge in [0.1, 0.15) is 11.9 Å². The number of hydrogen-bond acceptors (Lipinski definition) is 5. The molecule has 1 fully saturated rings. The fourth-order valence-electron chi connectivity index (χ4n) is 3.91. The van der Waals surface area contributed by atoms with Crippen LogP contribution in [0.3, 0.4) is 0 Å². The standard InChI is InChI=1S/C22H24N2O4/c1-27-19-9-5-3-7-16(19)20(24-10-12-28-13-11-24)22(26)21(25)17-14-23-18-8-4-2-6-15(17)18/h2-9,14,20,22-23,26H,10-13H2,1H3/t20-,22-/m1/s1. The molecule has 6 nitrogen and oxygen atoms in total. The number of H-pyrrole nitrogens is 1. The molecule has 146 valence electrons. The quantitative estimate of drug-likeness (QED) is 0.643. The lowest BCUT2D eigenvalue weighted by atomic mass is 9.92. The van der Waals surface area contributed by atoms with Crippen molar-refractivity contribution in [1.82, 2.24) is 9.88 Å². The number of aliphatic hydroxyl groups is 1. The van der Waals surface area contributed by atoms with Gasteiger partial charge in [-0.3, -0.25) is 9.69 Å². The molecule has 0 aliphatic carbocycles. The zero-order valence-electron chi connectivity index (χ0n) is 15.8. The Morgan fingerprint density at radius 3 is 2.64 bits per heavy atom. The summed E-state index contributed by atoms with van der Waals surface area (Å²) in [6, 6.07) is 14.6. The molecule has 0 radical (unpaired) electrons. The number of carbonyl (C=O) groups excluding carboxylic acids is 1. The normalized spacial score (nSPS) is 17.4. The number of nitrogens with zero attached hydrogens (tertiary/aromatic N) is 1. The highest BCUT2D eigenvalue weighted by molar-refractivity contribution is 6.10. The molecule has 0 amide bonds. The zero-order valence-corrected chi connectivity index (χ0v) is 15.8. The Bertz CT molecular complexity index is 962. The number of ether oxygens (including phenoxy) is 2. The van der Waals surface area contributed by atoms with Crippen LogP contribution in [0.4, 0.5) is 0 Å². The molecule has 2 aromatic carbocycles. The van der Waals surface area contributed by atoms with Crippen LogP contribution in [0.25, 0.3) is 10.9 Å². The van der Waals surface area contributed by atoms with Crippen molar-refractivity contribution in [1.29, 1.82) is 0 Å². The van der Waals surface area contributed by atoms with Crippen LogP contribution in [0.5, 0.6) is 5.75 Å². The molecule has 0 unspecified atom stereocenters. The van der Waals surface area contributed by atoms with Gasteiger partial charge in [-0.2, -0.15) is 0 Å². The van der Waals surface area contributed by atoms with E-state index in [1.807, 2.05) is 48.5 Å². The van der Waals surface area contributed by atoms with Gasteiger partial charge in [-0.05, 0) is 12.1 Å². The summed E-state index contributed by atoms with van der Waals surface area (Å²) in [5.41, 5.74) is 2.17. The summed E-state index contributed by atoms with van der Waals surface area (Å²) in [7, 11) is 1.60. The number of ketones is 1. The van der Waals surface area contributed by atoms with Crippen molar-refractivity contribution in [2.75, 3.05) is 33.4 Å². The second-order valence-electron chi connectivity index (χ2n) is 6.89. The molecule has 28 heavy (non-hydrogen) atoms. The minimum Gasteiger partial charge on any atom is -0.496 e. The molecular formula is C22H24N2O4. The Kier molecular flexibility index (Phi) is 5.43. The number of fused-ring (bicyclic) bond motifs is 1. The van der Waals surface area contributed by atoms with Crippen molar-refractivity contribution in [2.45, 2.75) is 12.1 Å². The third-order valence-corrected chi connectivity index (χ3v) is 5.32. The van der Waals surface area contributed by atoms with Crippen LogP contribution in [0.1, 0.15) is 22.0 Å². The van der Waals surface area contributed by atoms with Gasteiger partial charge >= 0.3 is 0 Å². The molecule has 1 aromatic heterocycles. The number of benzene rings is 2. The number of morpholine rings is 1. The van der Waals surface area contributed by atoms with Gasteiger partial charge in [-0.25, -0.2) is 0 Å². The number of aliphatic hydroxyl groups excluding tert-OH is 1. The molecule has 2 N–H and O–H groups in total. The van der Waals surface area contributed by atoms with Crippen LogP contribution in [0.15, 0.2) is 54.7 Å². The molecule has 0 bridgehead atoms. The maximum absolute atomic E-state index is 13.3. The molecular weight excluding hydrogens is 356 g/mol. The van der Waals surface area contributed by atoms with Crippen molar-refractivity contribution in [3.8, 4) is 5.75 Å². The van der Waals surface area contributed by atoms with Gasteiger partial charge in [0, 0.05) is 41.3 Å². The van der Waals surface area contributed by atoms with E-state index in [2.05, 4.69) is 9.88 Å². The number of para-hydroxylation sites is 2. The minimum atomic E-state index is -1.23. The molecule has 2 atom stereocenters. The number of aromatic nitrogens is 1. The first-order valence-electron chi connectivity index (χ1n) is 9.44. The molecule has 2 heterocycles. The Morgan fingerprint density at radius 2 is 1.86 bits per heavy atom. The number of Topliss-reactive ketones (excluding diaryl/α,β-unsaturated/α-hetero) is 1. The predicted molar refractivity (Wildman–Crippen MR) is 107 cm³/mol. The number of nitrogens with one attached hydrogen (secondary N) is 1. The van der Waals surface area contributed by atoms with E-state index in [-0.39, 0.29) is 5.78 Å². The van der Waals surface area contributed by atoms with Gasteiger partial charge in [0.05, 0.1) is 26.4 Å². The highest BCUT2D eigenvalue weighted by Crippen LogP contribution is 2.34.